The molecule has 0 spiro atoms. The third-order valence-electron chi connectivity index (χ3n) is 1.33. The van der Waals surface area contributed by atoms with Gasteiger partial charge in [0.05, 0.1) is 13.2 Å². The van der Waals surface area contributed by atoms with Crippen LogP contribution in [0, 0.1) is 0 Å². The van der Waals surface area contributed by atoms with Crippen molar-refractivity contribution in [3.63, 3.8) is 0 Å². The molecule has 0 saturated carbocycles. The second kappa shape index (κ2) is 5.46. The first-order valence-corrected chi connectivity index (χ1v) is 3.53. The summed E-state index contributed by atoms with van der Waals surface area (Å²) in [4.78, 5) is 21.2. The van der Waals surface area contributed by atoms with Crippen LogP contribution in [-0.4, -0.2) is 52.5 Å². The normalized spacial score (nSPS) is 14.7. The molecule has 7 nitrogen and oxygen atoms in total. The number of nitrogens with one attached hydrogen (secondary N) is 1. The van der Waals surface area contributed by atoms with Gasteiger partial charge in [0, 0.05) is 0 Å². The average Bonchev–Trinajstić information content (AvgIpc) is 2.11. The summed E-state index contributed by atoms with van der Waals surface area (Å²) in [5.74, 6) is -2.18. The number of aliphatic hydroxyl groups excluding tert-OH is 2. The summed E-state index contributed by atoms with van der Waals surface area (Å²) in [6.07, 6.45) is 0. The van der Waals surface area contributed by atoms with Gasteiger partial charge in [-0.05, 0) is 0 Å². The van der Waals surface area contributed by atoms with Gasteiger partial charge < -0.3 is 26.4 Å². The second-order valence-electron chi connectivity index (χ2n) is 2.37. The number of carboxylic acids is 1. The average molecular weight is 192 g/mol. The third kappa shape index (κ3) is 3.83. The summed E-state index contributed by atoms with van der Waals surface area (Å²) in [6, 6.07) is -2.56. The molecule has 0 heterocycles. The van der Waals surface area contributed by atoms with Gasteiger partial charge in [0.1, 0.15) is 12.1 Å². The van der Waals surface area contributed by atoms with Crippen molar-refractivity contribution < 1.29 is 24.9 Å². The van der Waals surface area contributed by atoms with Gasteiger partial charge in [-0.25, -0.2) is 4.79 Å². The maximum atomic E-state index is 10.9. The van der Waals surface area contributed by atoms with Crippen LogP contribution in [0.1, 0.15) is 0 Å². The van der Waals surface area contributed by atoms with Crippen molar-refractivity contribution in [2.45, 2.75) is 12.1 Å². The number of hydrogen-bond donors (Lipinski definition) is 5. The number of hydrogen-bond acceptors (Lipinski definition) is 5. The monoisotopic (exact) mass is 192 g/mol. The fraction of sp³-hybridized carbons (Fsp3) is 0.667. The van der Waals surface area contributed by atoms with Gasteiger partial charge in [-0.2, -0.15) is 0 Å². The minimum absolute atomic E-state index is 0.580. The maximum Gasteiger partial charge on any atom is 0.328 e. The van der Waals surface area contributed by atoms with E-state index < -0.39 is 37.2 Å². The van der Waals surface area contributed by atoms with E-state index in [1.54, 1.807) is 0 Å². The number of aliphatic hydroxyl groups is 2. The van der Waals surface area contributed by atoms with Crippen molar-refractivity contribution >= 4 is 11.9 Å². The molecule has 2 atom stereocenters. The Balaban J connectivity index is 4.09. The van der Waals surface area contributed by atoms with Crippen LogP contribution in [0.3, 0.4) is 0 Å². The summed E-state index contributed by atoms with van der Waals surface area (Å²) in [5, 5.41) is 27.3. The van der Waals surface area contributed by atoms with E-state index in [1.807, 2.05) is 5.32 Å². The van der Waals surface area contributed by atoms with Crippen LogP contribution >= 0.6 is 0 Å². The fourth-order valence-corrected chi connectivity index (χ4v) is 0.547. The van der Waals surface area contributed by atoms with Crippen LogP contribution in [0.5, 0.6) is 0 Å². The van der Waals surface area contributed by atoms with Gasteiger partial charge in [0.15, 0.2) is 0 Å². The quantitative estimate of drug-likeness (QED) is 0.313. The Bertz CT molecular complexity index is 195. The zero-order chi connectivity index (χ0) is 10.4. The van der Waals surface area contributed by atoms with E-state index in [-0.39, 0.29) is 0 Å². The molecule has 0 fully saturated rings. The molecule has 1 amide bonds. The van der Waals surface area contributed by atoms with Gasteiger partial charge in [-0.15, -0.1) is 0 Å². The van der Waals surface area contributed by atoms with Crippen molar-refractivity contribution in [2.24, 2.45) is 5.73 Å². The smallest absolute Gasteiger partial charge is 0.328 e. The van der Waals surface area contributed by atoms with Gasteiger partial charge in [-0.3, -0.25) is 4.79 Å². The van der Waals surface area contributed by atoms with Gasteiger partial charge in [-0.1, -0.05) is 0 Å². The van der Waals surface area contributed by atoms with E-state index in [9.17, 15) is 9.59 Å². The van der Waals surface area contributed by atoms with Crippen molar-refractivity contribution in [2.75, 3.05) is 13.2 Å². The maximum absolute atomic E-state index is 10.9. The Morgan fingerprint density at radius 2 is 1.85 bits per heavy atom. The zero-order valence-electron chi connectivity index (χ0n) is 6.80. The van der Waals surface area contributed by atoms with E-state index in [1.165, 1.54) is 0 Å². The first-order valence-electron chi connectivity index (χ1n) is 3.53. The topological polar surface area (TPSA) is 133 Å². The van der Waals surface area contributed by atoms with E-state index in [0.717, 1.165) is 0 Å². The number of carbonyl (C=O) groups is 2. The van der Waals surface area contributed by atoms with Crippen molar-refractivity contribution in [1.82, 2.24) is 5.32 Å². The summed E-state index contributed by atoms with van der Waals surface area (Å²) in [6.45, 7) is -1.30. The molecule has 0 aliphatic rings. The molecule has 0 rings (SSSR count). The molecule has 13 heavy (non-hydrogen) atoms. The number of rotatable bonds is 5. The number of nitrogens with two attached hydrogens (primary N) is 1. The largest absolute Gasteiger partial charge is 0.480 e. The lowest BCUT2D eigenvalue weighted by Crippen LogP contribution is -2.51. The lowest BCUT2D eigenvalue weighted by molar-refractivity contribution is -0.143. The van der Waals surface area contributed by atoms with Crippen LogP contribution in [-0.2, 0) is 9.59 Å². The second-order valence-corrected chi connectivity index (χ2v) is 2.37. The predicted molar refractivity (Wildman–Crippen MR) is 41.7 cm³/mol. The number of aliphatic carboxylic acids is 1. The molecular weight excluding hydrogens is 180 g/mol. The van der Waals surface area contributed by atoms with E-state index >= 15 is 0 Å². The molecule has 0 aromatic heterocycles. The Morgan fingerprint density at radius 1 is 1.31 bits per heavy atom. The van der Waals surface area contributed by atoms with Crippen LogP contribution < -0.4 is 11.1 Å². The first-order chi connectivity index (χ1) is 6.02. The van der Waals surface area contributed by atoms with Crippen molar-refractivity contribution in [3.8, 4) is 0 Å². The zero-order valence-corrected chi connectivity index (χ0v) is 6.80. The van der Waals surface area contributed by atoms with E-state index in [4.69, 9.17) is 21.1 Å². The van der Waals surface area contributed by atoms with Crippen LogP contribution in [0.15, 0.2) is 0 Å². The minimum Gasteiger partial charge on any atom is -0.480 e. The molecule has 0 aliphatic carbocycles. The molecule has 0 aliphatic heterocycles. The minimum atomic E-state index is -1.38. The van der Waals surface area contributed by atoms with E-state index in [0.29, 0.717) is 0 Å². The van der Waals surface area contributed by atoms with E-state index in [2.05, 4.69) is 0 Å². The van der Waals surface area contributed by atoms with Crippen LogP contribution in [0.2, 0.25) is 0 Å². The molecule has 76 valence electrons. The highest BCUT2D eigenvalue weighted by atomic mass is 16.4. The van der Waals surface area contributed by atoms with Gasteiger partial charge >= 0.3 is 5.97 Å². The molecule has 0 radical (unpaired) electrons. The third-order valence-corrected chi connectivity index (χ3v) is 1.33. The van der Waals surface area contributed by atoms with Crippen molar-refractivity contribution in [3.05, 3.63) is 0 Å². The van der Waals surface area contributed by atoms with Gasteiger partial charge in [0.2, 0.25) is 5.91 Å². The number of carboxylic acid groups (broad SMARTS) is 1. The Hall–Kier alpha value is -1.18. The standard InChI is InChI=1S/C6H12N2O5/c7-3(1-9)5(11)8-4(2-10)6(12)13/h3-4,9-10H,1-2,7H2,(H,8,11)(H,12,13)/t3-,4-/m1/s1. The van der Waals surface area contributed by atoms with Crippen LogP contribution in [0.4, 0.5) is 0 Å². The number of amides is 1. The highest BCUT2D eigenvalue weighted by Gasteiger charge is 2.21. The Labute approximate surface area is 74.2 Å². The number of carbonyl (C=O) groups excluding carboxylic acids is 1. The molecule has 0 bridgehead atoms. The van der Waals surface area contributed by atoms with Crippen molar-refractivity contribution in [1.29, 1.82) is 0 Å². The molecule has 0 aromatic carbocycles. The molecule has 0 unspecified atom stereocenters. The highest BCUT2D eigenvalue weighted by molar-refractivity contribution is 5.86. The van der Waals surface area contributed by atoms with Crippen LogP contribution in [0.25, 0.3) is 0 Å². The highest BCUT2D eigenvalue weighted by Crippen LogP contribution is 1.84. The molecule has 6 N–H and O–H groups in total. The lowest BCUT2D eigenvalue weighted by atomic mass is 10.2. The molecular formula is C6H12N2O5. The first kappa shape index (κ1) is 11.8. The molecule has 0 aromatic rings. The Kier molecular flexibility index (Phi) is 4.97. The fourth-order valence-electron chi connectivity index (χ4n) is 0.547. The summed E-state index contributed by atoms with van der Waals surface area (Å²) < 4.78 is 0. The molecule has 7 heteroatoms. The summed E-state index contributed by atoms with van der Waals surface area (Å²) in [7, 11) is 0. The van der Waals surface area contributed by atoms with Gasteiger partial charge in [0.25, 0.3) is 0 Å². The summed E-state index contributed by atoms with van der Waals surface area (Å²) in [5.41, 5.74) is 5.08. The summed E-state index contributed by atoms with van der Waals surface area (Å²) >= 11 is 0. The molecule has 0 saturated heterocycles. The lowest BCUT2D eigenvalue weighted by Gasteiger charge is -2.14. The predicted octanol–water partition coefficient (Wildman–Crippen LogP) is -3.13. The Morgan fingerprint density at radius 3 is 2.15 bits per heavy atom. The SMILES string of the molecule is N[C@H](CO)C(=O)N[C@H](CO)C(=O)O.